The Bertz CT molecular complexity index is 938. The van der Waals surface area contributed by atoms with Crippen LogP contribution in [0, 0.1) is 12.8 Å². The highest BCUT2D eigenvalue weighted by molar-refractivity contribution is 6.32. The van der Waals surface area contributed by atoms with Crippen molar-refractivity contribution < 1.29 is 10.3 Å². The van der Waals surface area contributed by atoms with Gasteiger partial charge in [0.1, 0.15) is 5.02 Å². The van der Waals surface area contributed by atoms with E-state index in [1.54, 1.807) is 18.2 Å². The molecule has 0 unspecified atom stereocenters. The van der Waals surface area contributed by atoms with Gasteiger partial charge in [-0.2, -0.15) is 4.98 Å². The van der Waals surface area contributed by atoms with Crippen molar-refractivity contribution in [2.75, 3.05) is 22.7 Å². The van der Waals surface area contributed by atoms with Crippen molar-refractivity contribution in [1.82, 2.24) is 9.97 Å². The number of nitrogens with zero attached hydrogens (tertiary/aromatic N) is 2. The maximum absolute atomic E-state index is 8.96. The van der Waals surface area contributed by atoms with E-state index in [-0.39, 0.29) is 0 Å². The van der Waals surface area contributed by atoms with Crippen molar-refractivity contribution in [2.45, 2.75) is 41.0 Å². The topological polar surface area (TPSA) is 102 Å². The standard InChI is InChI=1S/C17H16ClN5O.C5H12O.C2H6/c1-11-5-2-3-8-15(11)21-16-14(18)10-19-17(22-16)20-12-6-4-7-13(9-12)23-24;1-5(2)3-4-6;1-2/h2-10,23-24H,1H3,(H2,19,20,21,22);5-6H,3-4H2,1-2H3;1-2H3. The number of rotatable bonds is 7. The van der Waals surface area contributed by atoms with Gasteiger partial charge in [0.25, 0.3) is 0 Å². The lowest BCUT2D eigenvalue weighted by Crippen LogP contribution is -2.02. The van der Waals surface area contributed by atoms with Crippen LogP contribution in [-0.2, 0) is 0 Å². The molecule has 0 amide bonds. The fourth-order valence-electron chi connectivity index (χ4n) is 2.41. The van der Waals surface area contributed by atoms with Crippen LogP contribution in [-0.4, -0.2) is 26.9 Å². The number of aliphatic hydroxyl groups excluding tert-OH is 1. The second-order valence-electron chi connectivity index (χ2n) is 7.05. The van der Waals surface area contributed by atoms with E-state index in [9.17, 15) is 0 Å². The van der Waals surface area contributed by atoms with Gasteiger partial charge in [-0.05, 0) is 49.1 Å². The zero-order chi connectivity index (χ0) is 23.9. The van der Waals surface area contributed by atoms with Gasteiger partial charge in [-0.1, -0.05) is 63.6 Å². The fourth-order valence-corrected chi connectivity index (χ4v) is 2.55. The average Bonchev–Trinajstić information content (AvgIpc) is 2.79. The Morgan fingerprint density at radius 3 is 2.28 bits per heavy atom. The van der Waals surface area contributed by atoms with E-state index >= 15 is 0 Å². The number of halogens is 1. The van der Waals surface area contributed by atoms with Crippen molar-refractivity contribution in [1.29, 1.82) is 0 Å². The second-order valence-corrected chi connectivity index (χ2v) is 7.46. The highest BCUT2D eigenvalue weighted by Crippen LogP contribution is 2.26. The minimum absolute atomic E-state index is 0.331. The van der Waals surface area contributed by atoms with Crippen LogP contribution in [0.3, 0.4) is 0 Å². The van der Waals surface area contributed by atoms with E-state index in [4.69, 9.17) is 21.9 Å². The van der Waals surface area contributed by atoms with E-state index in [0.29, 0.717) is 35.0 Å². The highest BCUT2D eigenvalue weighted by atomic mass is 35.5. The molecule has 1 heterocycles. The van der Waals surface area contributed by atoms with E-state index in [2.05, 4.69) is 39.9 Å². The fraction of sp³-hybridized carbons (Fsp3) is 0.333. The molecule has 0 radical (unpaired) electrons. The summed E-state index contributed by atoms with van der Waals surface area (Å²) in [5.41, 5.74) is 5.41. The van der Waals surface area contributed by atoms with Gasteiger partial charge in [0.2, 0.25) is 5.95 Å². The summed E-state index contributed by atoms with van der Waals surface area (Å²) in [6.45, 7) is 10.5. The van der Waals surface area contributed by atoms with Crippen LogP contribution in [0.4, 0.5) is 28.8 Å². The molecule has 174 valence electrons. The summed E-state index contributed by atoms with van der Waals surface area (Å²) in [7, 11) is 0. The predicted octanol–water partition coefficient (Wildman–Crippen LogP) is 6.78. The van der Waals surface area contributed by atoms with Gasteiger partial charge < -0.3 is 15.7 Å². The summed E-state index contributed by atoms with van der Waals surface area (Å²) >= 11 is 6.19. The maximum atomic E-state index is 8.96. The first-order valence-electron chi connectivity index (χ1n) is 10.7. The number of hydrogen-bond donors (Lipinski definition) is 5. The number of benzene rings is 2. The van der Waals surface area contributed by atoms with Crippen molar-refractivity contribution in [3.8, 4) is 0 Å². The van der Waals surface area contributed by atoms with Crippen LogP contribution in [0.1, 0.15) is 39.7 Å². The van der Waals surface area contributed by atoms with Crippen LogP contribution in [0.5, 0.6) is 0 Å². The minimum Gasteiger partial charge on any atom is -0.396 e. The molecule has 0 saturated heterocycles. The molecular weight excluding hydrogens is 426 g/mol. The van der Waals surface area contributed by atoms with Gasteiger partial charge in [0.05, 0.1) is 11.9 Å². The number of nitrogens with one attached hydrogen (secondary N) is 3. The Hall–Kier alpha value is -2.87. The normalized spacial score (nSPS) is 9.78. The summed E-state index contributed by atoms with van der Waals surface area (Å²) in [5, 5.41) is 23.9. The number of anilines is 5. The van der Waals surface area contributed by atoms with Crippen molar-refractivity contribution in [2.24, 2.45) is 5.92 Å². The number of aromatic nitrogens is 2. The van der Waals surface area contributed by atoms with Crippen LogP contribution in [0.2, 0.25) is 5.02 Å². The monoisotopic (exact) mass is 459 g/mol. The molecule has 0 aliphatic carbocycles. The summed E-state index contributed by atoms with van der Waals surface area (Å²) in [4.78, 5) is 8.59. The lowest BCUT2D eigenvalue weighted by atomic mass is 10.2. The molecule has 5 N–H and O–H groups in total. The Morgan fingerprint density at radius 1 is 1.00 bits per heavy atom. The molecule has 1 aromatic heterocycles. The molecule has 32 heavy (non-hydrogen) atoms. The number of para-hydroxylation sites is 1. The first kappa shape index (κ1) is 27.2. The quantitative estimate of drug-likeness (QED) is 0.248. The van der Waals surface area contributed by atoms with Gasteiger partial charge >= 0.3 is 0 Å². The lowest BCUT2D eigenvalue weighted by Gasteiger charge is -2.12. The number of aliphatic hydroxyl groups is 1. The summed E-state index contributed by atoms with van der Waals surface area (Å²) in [6.07, 6.45) is 2.46. The molecular formula is C24H34ClN5O2. The zero-order valence-electron chi connectivity index (χ0n) is 19.4. The molecule has 0 fully saturated rings. The SMILES string of the molecule is CC.CC(C)CCO.Cc1ccccc1Nc1nc(Nc2cccc(NO)c2)ncc1Cl. The third-order valence-corrected chi connectivity index (χ3v) is 4.37. The molecule has 2 aromatic carbocycles. The molecule has 7 nitrogen and oxygen atoms in total. The maximum Gasteiger partial charge on any atom is 0.229 e. The first-order chi connectivity index (χ1) is 15.4. The van der Waals surface area contributed by atoms with Crippen LogP contribution < -0.4 is 16.1 Å². The summed E-state index contributed by atoms with van der Waals surface area (Å²) < 4.78 is 0. The van der Waals surface area contributed by atoms with Crippen molar-refractivity contribution in [3.05, 3.63) is 65.3 Å². The van der Waals surface area contributed by atoms with E-state index in [1.165, 1.54) is 6.20 Å². The third kappa shape index (κ3) is 9.51. The molecule has 0 saturated carbocycles. The van der Waals surface area contributed by atoms with Gasteiger partial charge in [0.15, 0.2) is 5.82 Å². The Morgan fingerprint density at radius 2 is 1.69 bits per heavy atom. The predicted molar refractivity (Wildman–Crippen MR) is 135 cm³/mol. The molecule has 0 bridgehead atoms. The zero-order valence-corrected chi connectivity index (χ0v) is 20.1. The largest absolute Gasteiger partial charge is 0.396 e. The van der Waals surface area contributed by atoms with Gasteiger partial charge in [-0.25, -0.2) is 4.98 Å². The van der Waals surface area contributed by atoms with Crippen LogP contribution >= 0.6 is 11.6 Å². The molecule has 0 aliphatic heterocycles. The molecule has 8 heteroatoms. The summed E-state index contributed by atoms with van der Waals surface area (Å²) in [5.74, 6) is 1.56. The van der Waals surface area contributed by atoms with E-state index < -0.39 is 0 Å². The van der Waals surface area contributed by atoms with Crippen molar-refractivity contribution in [3.63, 3.8) is 0 Å². The van der Waals surface area contributed by atoms with Crippen molar-refractivity contribution >= 4 is 40.4 Å². The second kappa shape index (κ2) is 15.0. The Kier molecular flexibility index (Phi) is 12.7. The molecule has 3 rings (SSSR count). The smallest absolute Gasteiger partial charge is 0.229 e. The minimum atomic E-state index is 0.331. The molecule has 3 aromatic rings. The Balaban J connectivity index is 0.000000556. The van der Waals surface area contributed by atoms with Gasteiger partial charge in [-0.3, -0.25) is 10.7 Å². The van der Waals surface area contributed by atoms with E-state index in [0.717, 1.165) is 23.4 Å². The average molecular weight is 460 g/mol. The first-order valence-corrected chi connectivity index (χ1v) is 11.0. The molecule has 0 atom stereocenters. The molecule has 0 aliphatic rings. The molecule has 0 spiro atoms. The highest BCUT2D eigenvalue weighted by Gasteiger charge is 2.08. The lowest BCUT2D eigenvalue weighted by molar-refractivity contribution is 0.268. The van der Waals surface area contributed by atoms with E-state index in [1.807, 2.05) is 51.1 Å². The van der Waals surface area contributed by atoms with Gasteiger partial charge in [0, 0.05) is 18.0 Å². The van der Waals surface area contributed by atoms with Crippen LogP contribution in [0.15, 0.2) is 54.7 Å². The van der Waals surface area contributed by atoms with Crippen LogP contribution in [0.25, 0.3) is 0 Å². The summed E-state index contributed by atoms with van der Waals surface area (Å²) in [6, 6.07) is 15.0. The number of hydrogen-bond acceptors (Lipinski definition) is 7. The van der Waals surface area contributed by atoms with Gasteiger partial charge in [-0.15, -0.1) is 0 Å². The number of aryl methyl sites for hydroxylation is 1. The Labute approximate surface area is 195 Å². The third-order valence-electron chi connectivity index (χ3n) is 4.10.